The van der Waals surface area contributed by atoms with Gasteiger partial charge in [-0.05, 0) is 67.2 Å². The van der Waals surface area contributed by atoms with Gasteiger partial charge < -0.3 is 5.32 Å². The number of nitrogens with one attached hydrogen (secondary N) is 1. The second-order valence-electron chi connectivity index (χ2n) is 3.95. The van der Waals surface area contributed by atoms with Crippen molar-refractivity contribution < 1.29 is 0 Å². The van der Waals surface area contributed by atoms with Crippen LogP contribution in [0.2, 0.25) is 0 Å². The summed E-state index contributed by atoms with van der Waals surface area (Å²) in [6, 6.07) is 5.02. The third-order valence-electron chi connectivity index (χ3n) is 2.43. The highest BCUT2D eigenvalue weighted by molar-refractivity contribution is 9.11. The van der Waals surface area contributed by atoms with E-state index >= 15 is 0 Å². The van der Waals surface area contributed by atoms with E-state index in [0.717, 1.165) is 6.54 Å². The Kier molecular flexibility index (Phi) is 6.53. The van der Waals surface area contributed by atoms with Crippen molar-refractivity contribution in [2.45, 2.75) is 45.6 Å². The Morgan fingerprint density at radius 3 is 2.87 bits per heavy atom. The maximum absolute atomic E-state index is 3.52. The van der Waals surface area contributed by atoms with Crippen LogP contribution in [0.25, 0.3) is 0 Å². The minimum absolute atomic E-state index is 0.661. The van der Waals surface area contributed by atoms with E-state index in [1.807, 2.05) is 11.3 Å². The number of aryl methyl sites for hydroxylation is 1. The standard InChI is InChI=1S/C12H20BrNS/c1-3-9-14-10(2)5-4-6-11-7-8-12(13)15-11/h7-8,10,14H,3-6,9H2,1-2H3. The maximum Gasteiger partial charge on any atom is 0.0701 e. The number of hydrogen-bond acceptors (Lipinski definition) is 2. The summed E-state index contributed by atoms with van der Waals surface area (Å²) in [6.45, 7) is 5.63. The van der Waals surface area contributed by atoms with Gasteiger partial charge in [0.1, 0.15) is 0 Å². The second kappa shape index (κ2) is 7.42. The van der Waals surface area contributed by atoms with Crippen molar-refractivity contribution >= 4 is 27.3 Å². The lowest BCUT2D eigenvalue weighted by Gasteiger charge is -2.12. The van der Waals surface area contributed by atoms with Crippen LogP contribution in [0.4, 0.5) is 0 Å². The van der Waals surface area contributed by atoms with E-state index in [2.05, 4.69) is 47.2 Å². The molecule has 15 heavy (non-hydrogen) atoms. The van der Waals surface area contributed by atoms with E-state index in [9.17, 15) is 0 Å². The molecule has 1 heterocycles. The van der Waals surface area contributed by atoms with Crippen molar-refractivity contribution in [2.75, 3.05) is 6.54 Å². The SMILES string of the molecule is CCCNC(C)CCCc1ccc(Br)s1. The molecule has 0 amide bonds. The third kappa shape index (κ3) is 5.69. The molecule has 1 nitrogen and oxygen atoms in total. The highest BCUT2D eigenvalue weighted by Gasteiger charge is 2.02. The van der Waals surface area contributed by atoms with Crippen LogP contribution in [0.1, 0.15) is 38.0 Å². The molecule has 0 radical (unpaired) electrons. The summed E-state index contributed by atoms with van der Waals surface area (Å²) < 4.78 is 1.25. The molecule has 0 aromatic carbocycles. The minimum atomic E-state index is 0.661. The minimum Gasteiger partial charge on any atom is -0.314 e. The first-order valence-corrected chi connectivity index (χ1v) is 7.31. The predicted molar refractivity (Wildman–Crippen MR) is 72.7 cm³/mol. The van der Waals surface area contributed by atoms with Crippen LogP contribution in [-0.4, -0.2) is 12.6 Å². The van der Waals surface area contributed by atoms with Crippen molar-refractivity contribution in [3.05, 3.63) is 20.8 Å². The van der Waals surface area contributed by atoms with Crippen molar-refractivity contribution in [3.8, 4) is 0 Å². The van der Waals surface area contributed by atoms with E-state index in [1.165, 1.54) is 34.3 Å². The fourth-order valence-electron chi connectivity index (χ4n) is 1.56. The van der Waals surface area contributed by atoms with E-state index in [-0.39, 0.29) is 0 Å². The van der Waals surface area contributed by atoms with Gasteiger partial charge in [-0.2, -0.15) is 0 Å². The van der Waals surface area contributed by atoms with Gasteiger partial charge in [0.25, 0.3) is 0 Å². The monoisotopic (exact) mass is 289 g/mol. The third-order valence-corrected chi connectivity index (χ3v) is 4.12. The molecule has 0 spiro atoms. The number of rotatable bonds is 7. The lowest BCUT2D eigenvalue weighted by Crippen LogP contribution is -2.26. The quantitative estimate of drug-likeness (QED) is 0.792. The Hall–Kier alpha value is 0.140. The van der Waals surface area contributed by atoms with Gasteiger partial charge in [-0.1, -0.05) is 6.92 Å². The van der Waals surface area contributed by atoms with Crippen LogP contribution in [0, 0.1) is 0 Å². The molecule has 1 N–H and O–H groups in total. The van der Waals surface area contributed by atoms with Crippen LogP contribution in [-0.2, 0) is 6.42 Å². The van der Waals surface area contributed by atoms with Crippen LogP contribution in [0.3, 0.4) is 0 Å². The lowest BCUT2D eigenvalue weighted by molar-refractivity contribution is 0.499. The highest BCUT2D eigenvalue weighted by atomic mass is 79.9. The summed E-state index contributed by atoms with van der Waals surface area (Å²) >= 11 is 5.35. The average molecular weight is 290 g/mol. The normalized spacial score (nSPS) is 13.0. The average Bonchev–Trinajstić information content (AvgIpc) is 2.61. The van der Waals surface area contributed by atoms with Gasteiger partial charge in [-0.3, -0.25) is 0 Å². The van der Waals surface area contributed by atoms with Crippen LogP contribution in [0.5, 0.6) is 0 Å². The summed E-state index contributed by atoms with van der Waals surface area (Å²) in [4.78, 5) is 1.49. The molecular weight excluding hydrogens is 270 g/mol. The number of hydrogen-bond donors (Lipinski definition) is 1. The van der Waals surface area contributed by atoms with Gasteiger partial charge in [0.05, 0.1) is 3.79 Å². The molecule has 3 heteroatoms. The topological polar surface area (TPSA) is 12.0 Å². The first-order chi connectivity index (χ1) is 7.22. The zero-order valence-corrected chi connectivity index (χ0v) is 12.0. The molecule has 0 saturated heterocycles. The van der Waals surface area contributed by atoms with Crippen molar-refractivity contribution in [3.63, 3.8) is 0 Å². The smallest absolute Gasteiger partial charge is 0.0701 e. The largest absolute Gasteiger partial charge is 0.314 e. The molecule has 0 aliphatic carbocycles. The number of thiophene rings is 1. The van der Waals surface area contributed by atoms with E-state index in [4.69, 9.17) is 0 Å². The first-order valence-electron chi connectivity index (χ1n) is 5.70. The molecule has 86 valence electrons. The Balaban J connectivity index is 2.10. The van der Waals surface area contributed by atoms with Crippen molar-refractivity contribution in [1.29, 1.82) is 0 Å². The van der Waals surface area contributed by atoms with Gasteiger partial charge in [0.2, 0.25) is 0 Å². The maximum atomic E-state index is 3.52. The molecule has 0 bridgehead atoms. The molecule has 1 rings (SSSR count). The number of halogens is 1. The highest BCUT2D eigenvalue weighted by Crippen LogP contribution is 2.23. The van der Waals surface area contributed by atoms with Crippen LogP contribution < -0.4 is 5.32 Å². The molecule has 1 aromatic rings. The molecular formula is C12H20BrNS. The summed E-state index contributed by atoms with van der Waals surface area (Å²) in [7, 11) is 0. The Bertz CT molecular complexity index is 272. The second-order valence-corrected chi connectivity index (χ2v) is 6.50. The van der Waals surface area contributed by atoms with E-state index in [1.54, 1.807) is 0 Å². The Morgan fingerprint density at radius 1 is 1.47 bits per heavy atom. The summed E-state index contributed by atoms with van der Waals surface area (Å²) in [6.07, 6.45) is 5.00. The predicted octanol–water partition coefficient (Wildman–Crippen LogP) is 4.22. The molecule has 1 aromatic heterocycles. The van der Waals surface area contributed by atoms with E-state index in [0.29, 0.717) is 6.04 Å². The molecule has 0 aliphatic heterocycles. The van der Waals surface area contributed by atoms with Crippen molar-refractivity contribution in [1.82, 2.24) is 5.32 Å². The molecule has 1 atom stereocenters. The Labute approximate surface area is 105 Å². The summed E-state index contributed by atoms with van der Waals surface area (Å²) in [5, 5.41) is 3.52. The molecule has 1 unspecified atom stereocenters. The Morgan fingerprint density at radius 2 is 2.27 bits per heavy atom. The summed E-state index contributed by atoms with van der Waals surface area (Å²) in [5.74, 6) is 0. The van der Waals surface area contributed by atoms with Gasteiger partial charge in [-0.15, -0.1) is 11.3 Å². The lowest BCUT2D eigenvalue weighted by atomic mass is 10.1. The van der Waals surface area contributed by atoms with Gasteiger partial charge in [0.15, 0.2) is 0 Å². The molecule has 0 fully saturated rings. The van der Waals surface area contributed by atoms with Gasteiger partial charge in [-0.25, -0.2) is 0 Å². The molecule has 0 aliphatic rings. The fourth-order valence-corrected chi connectivity index (χ4v) is 3.09. The zero-order valence-electron chi connectivity index (χ0n) is 9.55. The zero-order chi connectivity index (χ0) is 11.1. The summed E-state index contributed by atoms with van der Waals surface area (Å²) in [5.41, 5.74) is 0. The fraction of sp³-hybridized carbons (Fsp3) is 0.667. The van der Waals surface area contributed by atoms with E-state index < -0.39 is 0 Å². The van der Waals surface area contributed by atoms with Crippen LogP contribution >= 0.6 is 27.3 Å². The van der Waals surface area contributed by atoms with Crippen molar-refractivity contribution in [2.24, 2.45) is 0 Å². The first kappa shape index (κ1) is 13.2. The molecule has 0 saturated carbocycles. The van der Waals surface area contributed by atoms with Gasteiger partial charge >= 0.3 is 0 Å². The van der Waals surface area contributed by atoms with Gasteiger partial charge in [0, 0.05) is 10.9 Å². The van der Waals surface area contributed by atoms with Crippen LogP contribution in [0.15, 0.2) is 15.9 Å².